The van der Waals surface area contributed by atoms with E-state index in [-0.39, 0.29) is 6.42 Å². The van der Waals surface area contributed by atoms with E-state index in [0.717, 1.165) is 7.11 Å². The van der Waals surface area contributed by atoms with Crippen molar-refractivity contribution in [3.8, 4) is 0 Å². The van der Waals surface area contributed by atoms with Crippen molar-refractivity contribution < 1.29 is 33.7 Å². The van der Waals surface area contributed by atoms with Crippen LogP contribution in [-0.2, 0) is 28.6 Å². The molecule has 0 unspecified atom stereocenters. The largest absolute Gasteiger partial charge is 0.465 e. The molecule has 0 aromatic rings. The van der Waals surface area contributed by atoms with E-state index in [1.54, 1.807) is 0 Å². The maximum atomic E-state index is 11.7. The number of aliphatic hydroxyl groups excluding tert-OH is 1. The second-order valence-electron chi connectivity index (χ2n) is 4.16. The van der Waals surface area contributed by atoms with Crippen LogP contribution in [0.5, 0.6) is 0 Å². The first-order valence-corrected chi connectivity index (χ1v) is 5.62. The van der Waals surface area contributed by atoms with Gasteiger partial charge in [0, 0.05) is 20.5 Å². The maximum Gasteiger partial charge on any atom is 0.366 e. The van der Waals surface area contributed by atoms with E-state index in [4.69, 9.17) is 9.47 Å². The zero-order valence-electron chi connectivity index (χ0n) is 10.9. The highest BCUT2D eigenvalue weighted by atomic mass is 16.7. The lowest BCUT2D eigenvalue weighted by Crippen LogP contribution is -2.64. The summed E-state index contributed by atoms with van der Waals surface area (Å²) in [5.41, 5.74) is 0. The molecule has 0 saturated carbocycles. The van der Waals surface area contributed by atoms with Crippen LogP contribution in [0.15, 0.2) is 0 Å². The van der Waals surface area contributed by atoms with Crippen molar-refractivity contribution in [1.82, 2.24) is 5.32 Å². The number of ether oxygens (including phenoxy) is 3. The van der Waals surface area contributed by atoms with E-state index in [1.165, 1.54) is 14.0 Å². The van der Waals surface area contributed by atoms with Gasteiger partial charge in [0.05, 0.1) is 19.3 Å². The molecule has 1 heterocycles. The van der Waals surface area contributed by atoms with Crippen LogP contribution in [0.3, 0.4) is 0 Å². The SMILES string of the molecule is COC(=O)[C@]1(OC)C[C@H](O)[C@@H](NC(C)=O)[C@H](C=O)O1. The summed E-state index contributed by atoms with van der Waals surface area (Å²) in [5.74, 6) is -3.14. The van der Waals surface area contributed by atoms with Crippen LogP contribution < -0.4 is 5.32 Å². The topological polar surface area (TPSA) is 111 Å². The van der Waals surface area contributed by atoms with Crippen LogP contribution in [0.2, 0.25) is 0 Å². The van der Waals surface area contributed by atoms with E-state index in [0.29, 0.717) is 6.29 Å². The third kappa shape index (κ3) is 3.09. The summed E-state index contributed by atoms with van der Waals surface area (Å²) < 4.78 is 14.8. The van der Waals surface area contributed by atoms with Gasteiger partial charge in [-0.3, -0.25) is 4.79 Å². The molecule has 1 amide bonds. The van der Waals surface area contributed by atoms with Crippen LogP contribution in [-0.4, -0.2) is 61.5 Å². The van der Waals surface area contributed by atoms with Crippen LogP contribution in [0, 0.1) is 0 Å². The van der Waals surface area contributed by atoms with E-state index in [9.17, 15) is 19.5 Å². The first-order chi connectivity index (χ1) is 8.90. The minimum absolute atomic E-state index is 0.258. The molecular weight excluding hydrogens is 258 g/mol. The van der Waals surface area contributed by atoms with Crippen LogP contribution >= 0.6 is 0 Å². The summed E-state index contributed by atoms with van der Waals surface area (Å²) in [7, 11) is 2.33. The Labute approximate surface area is 110 Å². The quantitative estimate of drug-likeness (QED) is 0.467. The zero-order valence-corrected chi connectivity index (χ0v) is 10.9. The number of hydrogen-bond donors (Lipinski definition) is 2. The summed E-state index contributed by atoms with van der Waals surface area (Å²) in [6, 6.07) is -0.942. The lowest BCUT2D eigenvalue weighted by atomic mass is 9.93. The minimum Gasteiger partial charge on any atom is -0.465 e. The third-order valence-corrected chi connectivity index (χ3v) is 2.90. The predicted octanol–water partition coefficient (Wildman–Crippen LogP) is -1.64. The number of aliphatic hydroxyl groups is 1. The van der Waals surface area contributed by atoms with Crippen molar-refractivity contribution in [3.63, 3.8) is 0 Å². The smallest absolute Gasteiger partial charge is 0.366 e. The number of rotatable bonds is 4. The number of aldehydes is 1. The molecule has 1 saturated heterocycles. The Hall–Kier alpha value is -1.51. The number of esters is 1. The molecule has 0 spiro atoms. The van der Waals surface area contributed by atoms with Gasteiger partial charge in [-0.15, -0.1) is 0 Å². The van der Waals surface area contributed by atoms with Gasteiger partial charge >= 0.3 is 5.97 Å². The maximum absolute atomic E-state index is 11.7. The molecule has 1 aliphatic heterocycles. The molecule has 8 nitrogen and oxygen atoms in total. The van der Waals surface area contributed by atoms with Gasteiger partial charge in [0.15, 0.2) is 6.29 Å². The third-order valence-electron chi connectivity index (χ3n) is 2.90. The second-order valence-corrected chi connectivity index (χ2v) is 4.16. The lowest BCUT2D eigenvalue weighted by molar-refractivity contribution is -0.281. The average Bonchev–Trinajstić information content (AvgIpc) is 2.39. The number of carbonyl (C=O) groups excluding carboxylic acids is 3. The Morgan fingerprint density at radius 1 is 1.47 bits per heavy atom. The van der Waals surface area contributed by atoms with Gasteiger partial charge in [-0.05, 0) is 0 Å². The highest BCUT2D eigenvalue weighted by Gasteiger charge is 2.53. The second kappa shape index (κ2) is 6.09. The highest BCUT2D eigenvalue weighted by molar-refractivity contribution is 5.79. The summed E-state index contributed by atoms with van der Waals surface area (Å²) in [4.78, 5) is 33.7. The van der Waals surface area contributed by atoms with Crippen molar-refractivity contribution in [2.75, 3.05) is 14.2 Å². The van der Waals surface area contributed by atoms with Crippen LogP contribution in [0.1, 0.15) is 13.3 Å². The normalized spacial score (nSPS) is 34.4. The Kier molecular flexibility index (Phi) is 4.98. The molecule has 0 radical (unpaired) electrons. The molecule has 19 heavy (non-hydrogen) atoms. The van der Waals surface area contributed by atoms with E-state index >= 15 is 0 Å². The first kappa shape index (κ1) is 15.5. The van der Waals surface area contributed by atoms with Crippen molar-refractivity contribution in [3.05, 3.63) is 0 Å². The minimum atomic E-state index is -1.85. The van der Waals surface area contributed by atoms with Gasteiger partial charge in [-0.2, -0.15) is 0 Å². The number of hydrogen-bond acceptors (Lipinski definition) is 7. The number of amides is 1. The Bertz CT molecular complexity index is 372. The summed E-state index contributed by atoms with van der Waals surface area (Å²) in [6.45, 7) is 1.24. The number of nitrogens with one attached hydrogen (secondary N) is 1. The fourth-order valence-corrected chi connectivity index (χ4v) is 1.99. The van der Waals surface area contributed by atoms with Gasteiger partial charge in [0.25, 0.3) is 5.79 Å². The molecule has 4 atom stereocenters. The fourth-order valence-electron chi connectivity index (χ4n) is 1.99. The molecule has 0 aromatic carbocycles. The Balaban J connectivity index is 2.99. The van der Waals surface area contributed by atoms with Gasteiger partial charge < -0.3 is 29.4 Å². The van der Waals surface area contributed by atoms with Crippen LogP contribution in [0.25, 0.3) is 0 Å². The molecule has 1 rings (SSSR count). The van der Waals surface area contributed by atoms with Crippen LogP contribution in [0.4, 0.5) is 0 Å². The van der Waals surface area contributed by atoms with Gasteiger partial charge in [0.2, 0.25) is 5.91 Å². The Morgan fingerprint density at radius 2 is 2.11 bits per heavy atom. The lowest BCUT2D eigenvalue weighted by Gasteiger charge is -2.42. The van der Waals surface area contributed by atoms with Crippen molar-refractivity contribution in [1.29, 1.82) is 0 Å². The standard InChI is InChI=1S/C11H17NO7/c1-6(14)12-9-7(15)4-11(18-3,10(16)17-2)19-8(9)5-13/h5,7-9,15H,4H2,1-3H3,(H,12,14)/t7-,8-,9+,11-/m0/s1. The fraction of sp³-hybridized carbons (Fsp3) is 0.727. The highest BCUT2D eigenvalue weighted by Crippen LogP contribution is 2.30. The summed E-state index contributed by atoms with van der Waals surface area (Å²) in [6.07, 6.45) is -2.27. The molecular formula is C11H17NO7. The summed E-state index contributed by atoms with van der Waals surface area (Å²) in [5, 5.41) is 12.4. The van der Waals surface area contributed by atoms with Gasteiger partial charge in [-0.25, -0.2) is 4.79 Å². The average molecular weight is 275 g/mol. The Morgan fingerprint density at radius 3 is 2.53 bits per heavy atom. The first-order valence-electron chi connectivity index (χ1n) is 5.62. The van der Waals surface area contributed by atoms with E-state index < -0.39 is 35.9 Å². The molecule has 108 valence electrons. The molecule has 0 bridgehead atoms. The molecule has 2 N–H and O–H groups in total. The number of methoxy groups -OCH3 is 2. The van der Waals surface area contributed by atoms with Crippen molar-refractivity contribution >= 4 is 18.2 Å². The molecule has 1 aliphatic rings. The zero-order chi connectivity index (χ0) is 14.6. The number of carbonyl (C=O) groups is 3. The van der Waals surface area contributed by atoms with E-state index in [1.807, 2.05) is 0 Å². The van der Waals surface area contributed by atoms with E-state index in [2.05, 4.69) is 10.1 Å². The monoisotopic (exact) mass is 275 g/mol. The summed E-state index contributed by atoms with van der Waals surface area (Å²) >= 11 is 0. The van der Waals surface area contributed by atoms with Gasteiger partial charge in [0.1, 0.15) is 6.10 Å². The van der Waals surface area contributed by atoms with Gasteiger partial charge in [-0.1, -0.05) is 0 Å². The molecule has 1 fully saturated rings. The molecule has 8 heteroatoms. The predicted molar refractivity (Wildman–Crippen MR) is 60.9 cm³/mol. The molecule has 0 aromatic heterocycles. The van der Waals surface area contributed by atoms with Crippen molar-refractivity contribution in [2.45, 2.75) is 37.4 Å². The van der Waals surface area contributed by atoms with Crippen molar-refractivity contribution in [2.24, 2.45) is 0 Å². The molecule has 0 aliphatic carbocycles.